The topological polar surface area (TPSA) is 108 Å². The van der Waals surface area contributed by atoms with E-state index < -0.39 is 23.5 Å². The molecule has 44 heavy (non-hydrogen) atoms. The van der Waals surface area contributed by atoms with Crippen LogP contribution in [0.3, 0.4) is 0 Å². The molecule has 3 saturated carbocycles. The van der Waals surface area contributed by atoms with Crippen LogP contribution < -0.4 is 9.47 Å². The van der Waals surface area contributed by atoms with Gasteiger partial charge in [0.15, 0.2) is 0 Å². The van der Waals surface area contributed by atoms with Crippen LogP contribution in [-0.2, 0) is 25.5 Å². The van der Waals surface area contributed by atoms with Gasteiger partial charge >= 0.3 is 5.97 Å². The van der Waals surface area contributed by atoms with E-state index in [1.54, 1.807) is 12.0 Å². The Morgan fingerprint density at radius 2 is 1.80 bits per heavy atom. The number of benzene rings is 1. The number of aromatic nitrogens is 2. The number of carbonyl (C=O) groups is 3. The highest BCUT2D eigenvalue weighted by Crippen LogP contribution is 2.52. The third kappa shape index (κ3) is 6.03. The molecule has 7 rings (SSSR count). The Kier molecular flexibility index (Phi) is 8.59. The summed E-state index contributed by atoms with van der Waals surface area (Å²) < 4.78 is 18.2. The predicted molar refractivity (Wildman–Crippen MR) is 165 cm³/mol. The lowest BCUT2D eigenvalue weighted by molar-refractivity contribution is -0.168. The van der Waals surface area contributed by atoms with Gasteiger partial charge in [-0.3, -0.25) is 9.59 Å². The van der Waals surface area contributed by atoms with Gasteiger partial charge in [-0.25, -0.2) is 9.97 Å². The summed E-state index contributed by atoms with van der Waals surface area (Å²) in [5, 5.41) is 0. The molecule has 1 amide bonds. The molecule has 1 aromatic heterocycles. The Balaban J connectivity index is 1.34. The van der Waals surface area contributed by atoms with Gasteiger partial charge in [0.2, 0.25) is 11.8 Å². The van der Waals surface area contributed by atoms with Crippen LogP contribution in [0.25, 0.3) is 11.0 Å². The molecule has 0 radical (unpaired) electrons. The van der Waals surface area contributed by atoms with E-state index in [4.69, 9.17) is 24.2 Å². The molecule has 6 atom stereocenters. The van der Waals surface area contributed by atoms with Crippen LogP contribution in [-0.4, -0.2) is 64.9 Å². The summed E-state index contributed by atoms with van der Waals surface area (Å²) in [6, 6.07) is 4.98. The maximum Gasteiger partial charge on any atom is 0.306 e. The van der Waals surface area contributed by atoms with Crippen LogP contribution in [0.1, 0.15) is 84.8 Å². The number of aldehydes is 1. The molecule has 4 fully saturated rings. The Morgan fingerprint density at radius 3 is 2.52 bits per heavy atom. The molecule has 2 aliphatic heterocycles. The second-order valence-corrected chi connectivity index (χ2v) is 14.7. The Bertz CT molecular complexity index is 1400. The second-order valence-electron chi connectivity index (χ2n) is 14.7. The fraction of sp³-hybridized carbons (Fsp3) is 0.686. The SMILES string of the molecule is COc1ccc2nc3c(nc2c1)O[C@H]1CN(C(=O)[C@H](C(C)(C)C)CC(=O)O[C@@H]2CC4CC(C4)[C@H]2CCCCC3)[C@H](C=O)[C@@H]1C. The minimum atomic E-state index is -0.665. The lowest BCUT2D eigenvalue weighted by Crippen LogP contribution is -2.48. The summed E-state index contributed by atoms with van der Waals surface area (Å²) in [4.78, 5) is 51.6. The van der Waals surface area contributed by atoms with Gasteiger partial charge in [0, 0.05) is 12.0 Å². The predicted octanol–water partition coefficient (Wildman–Crippen LogP) is 5.56. The van der Waals surface area contributed by atoms with Crippen molar-refractivity contribution >= 4 is 29.2 Å². The zero-order valence-electron chi connectivity index (χ0n) is 26.8. The first-order valence-electron chi connectivity index (χ1n) is 16.5. The van der Waals surface area contributed by atoms with Crippen LogP contribution in [0, 0.1) is 35.0 Å². The second kappa shape index (κ2) is 12.3. The highest BCUT2D eigenvalue weighted by molar-refractivity contribution is 5.87. The number of hydrogen-bond donors (Lipinski definition) is 0. The van der Waals surface area contributed by atoms with Crippen molar-refractivity contribution in [3.63, 3.8) is 0 Å². The van der Waals surface area contributed by atoms with Crippen molar-refractivity contribution in [2.75, 3.05) is 13.7 Å². The van der Waals surface area contributed by atoms with E-state index >= 15 is 0 Å². The average molecular weight is 606 g/mol. The Hall–Kier alpha value is -3.23. The summed E-state index contributed by atoms with van der Waals surface area (Å²) >= 11 is 0. The number of rotatable bonds is 2. The first-order chi connectivity index (χ1) is 21.0. The Labute approximate surface area is 260 Å². The van der Waals surface area contributed by atoms with E-state index in [-0.39, 0.29) is 36.9 Å². The summed E-state index contributed by atoms with van der Waals surface area (Å²) in [7, 11) is 1.62. The van der Waals surface area contributed by atoms with Gasteiger partial charge in [-0.05, 0) is 73.8 Å². The normalized spacial score (nSPS) is 33.2. The van der Waals surface area contributed by atoms with E-state index in [2.05, 4.69) is 0 Å². The lowest BCUT2D eigenvalue weighted by atomic mass is 9.57. The standard InChI is InChI=1S/C35H47N3O6/c1-20-29(19-39)38-18-31(20)44-33-27(36-26-12-11-23(42-5)16-28(26)37-33)10-8-6-7-9-24-22-13-21(14-22)15-30(24)43-32(40)17-25(34(38)41)35(2,3)4/h11-12,16,19-22,24-25,29-31H,6-10,13-15,17-18H2,1-5H3/t20-,21?,22?,24+,25+,29+,30+,31-/m0/s1. The van der Waals surface area contributed by atoms with Crippen LogP contribution in [0.5, 0.6) is 11.6 Å². The number of amides is 1. The number of esters is 1. The van der Waals surface area contributed by atoms with Crippen molar-refractivity contribution < 1.29 is 28.6 Å². The van der Waals surface area contributed by atoms with Crippen molar-refractivity contribution in [3.05, 3.63) is 23.9 Å². The van der Waals surface area contributed by atoms with Crippen molar-refractivity contribution in [2.24, 2.45) is 35.0 Å². The van der Waals surface area contributed by atoms with Crippen molar-refractivity contribution in [2.45, 2.75) is 104 Å². The first-order valence-corrected chi connectivity index (χ1v) is 16.5. The zero-order valence-corrected chi connectivity index (χ0v) is 26.8. The molecule has 0 spiro atoms. The van der Waals surface area contributed by atoms with Crippen LogP contribution in [0.15, 0.2) is 18.2 Å². The minimum absolute atomic E-state index is 0.00496. The zero-order chi connectivity index (χ0) is 31.2. The average Bonchev–Trinajstić information content (AvgIpc) is 3.28. The summed E-state index contributed by atoms with van der Waals surface area (Å²) in [5.41, 5.74) is 1.74. The number of aryl methyl sites for hydroxylation is 1. The van der Waals surface area contributed by atoms with Gasteiger partial charge in [-0.15, -0.1) is 0 Å². The molecule has 2 aromatic rings. The third-order valence-electron chi connectivity index (χ3n) is 10.8. The van der Waals surface area contributed by atoms with Gasteiger partial charge in [-0.1, -0.05) is 40.5 Å². The van der Waals surface area contributed by atoms with E-state index in [9.17, 15) is 14.4 Å². The number of ether oxygens (including phenoxy) is 3. The lowest BCUT2D eigenvalue weighted by Gasteiger charge is -2.50. The van der Waals surface area contributed by atoms with E-state index in [1.807, 2.05) is 45.9 Å². The van der Waals surface area contributed by atoms with E-state index in [0.29, 0.717) is 41.3 Å². The first kappa shape index (κ1) is 30.8. The Morgan fingerprint density at radius 1 is 1.00 bits per heavy atom. The summed E-state index contributed by atoms with van der Waals surface area (Å²) in [5.74, 6) is 1.38. The van der Waals surface area contributed by atoms with E-state index in [1.165, 1.54) is 12.8 Å². The maximum atomic E-state index is 14.2. The van der Waals surface area contributed by atoms with Crippen LogP contribution in [0.2, 0.25) is 0 Å². The van der Waals surface area contributed by atoms with Gasteiger partial charge in [-0.2, -0.15) is 0 Å². The summed E-state index contributed by atoms with van der Waals surface area (Å²) in [6.45, 7) is 8.09. The highest BCUT2D eigenvalue weighted by atomic mass is 16.5. The van der Waals surface area contributed by atoms with Gasteiger partial charge in [0.25, 0.3) is 0 Å². The van der Waals surface area contributed by atoms with Crippen molar-refractivity contribution in [1.29, 1.82) is 0 Å². The quantitative estimate of drug-likeness (QED) is 0.324. The highest BCUT2D eigenvalue weighted by Gasteiger charge is 2.49. The molecule has 0 unspecified atom stereocenters. The number of carbonyl (C=O) groups excluding carboxylic acids is 3. The molecule has 238 valence electrons. The van der Waals surface area contributed by atoms with Crippen molar-refractivity contribution in [3.8, 4) is 11.6 Å². The molecule has 0 N–H and O–H groups in total. The molecular formula is C35H47N3O6. The third-order valence-corrected chi connectivity index (χ3v) is 10.8. The molecular weight excluding hydrogens is 558 g/mol. The van der Waals surface area contributed by atoms with E-state index in [0.717, 1.165) is 49.6 Å². The number of nitrogens with zero attached hydrogens (tertiary/aromatic N) is 3. The van der Waals surface area contributed by atoms with Gasteiger partial charge < -0.3 is 23.9 Å². The fourth-order valence-corrected chi connectivity index (χ4v) is 8.04. The molecule has 5 aliphatic rings. The smallest absolute Gasteiger partial charge is 0.306 e. The molecule has 9 heteroatoms. The monoisotopic (exact) mass is 605 g/mol. The van der Waals surface area contributed by atoms with Gasteiger partial charge in [0.05, 0.1) is 43.1 Å². The minimum Gasteiger partial charge on any atom is -0.497 e. The number of methoxy groups -OCH3 is 1. The largest absolute Gasteiger partial charge is 0.497 e. The molecule has 3 heterocycles. The van der Waals surface area contributed by atoms with Crippen LogP contribution >= 0.6 is 0 Å². The van der Waals surface area contributed by atoms with Crippen LogP contribution in [0.4, 0.5) is 0 Å². The molecule has 9 nitrogen and oxygen atoms in total. The number of hydrogen-bond acceptors (Lipinski definition) is 8. The molecule has 3 aliphatic carbocycles. The van der Waals surface area contributed by atoms with Gasteiger partial charge in [0.1, 0.15) is 29.9 Å². The summed E-state index contributed by atoms with van der Waals surface area (Å²) in [6.07, 6.45) is 8.51. The molecule has 1 aromatic carbocycles. The van der Waals surface area contributed by atoms with Crippen molar-refractivity contribution in [1.82, 2.24) is 14.9 Å². The maximum absolute atomic E-state index is 14.2. The molecule has 4 bridgehead atoms. The number of fused-ring (bicyclic) bond motifs is 4. The fourth-order valence-electron chi connectivity index (χ4n) is 8.04. The molecule has 1 saturated heterocycles.